The van der Waals surface area contributed by atoms with E-state index in [0.29, 0.717) is 24.3 Å². The lowest BCUT2D eigenvalue weighted by Gasteiger charge is -2.42. The van der Waals surface area contributed by atoms with Crippen molar-refractivity contribution < 1.29 is 9.53 Å². The van der Waals surface area contributed by atoms with Crippen LogP contribution in [0.25, 0.3) is 0 Å². The molecule has 1 unspecified atom stereocenters. The summed E-state index contributed by atoms with van der Waals surface area (Å²) in [4.78, 5) is 20.3. The third-order valence-electron chi connectivity index (χ3n) is 5.62. The Hall–Kier alpha value is -0.400. The van der Waals surface area contributed by atoms with E-state index in [1.54, 1.807) is 18.4 Å². The minimum atomic E-state index is -0.339. The fourth-order valence-electron chi connectivity index (χ4n) is 4.05. The normalized spacial score (nSPS) is 22.1. The highest BCUT2D eigenvalue weighted by Gasteiger charge is 2.43. The van der Waals surface area contributed by atoms with Gasteiger partial charge < -0.3 is 15.0 Å². The number of halogens is 2. The third-order valence-corrected chi connectivity index (χ3v) is 6.65. The molecule has 156 valence electrons. The van der Waals surface area contributed by atoms with Gasteiger partial charge in [-0.05, 0) is 44.7 Å². The van der Waals surface area contributed by atoms with Crippen LogP contribution < -0.4 is 5.32 Å². The van der Waals surface area contributed by atoms with Gasteiger partial charge in [-0.3, -0.25) is 4.79 Å². The molecule has 1 amide bonds. The van der Waals surface area contributed by atoms with Crippen molar-refractivity contribution in [2.24, 2.45) is 5.41 Å². The Morgan fingerprint density at radius 1 is 1.41 bits per heavy atom. The molecule has 3 rings (SSSR count). The van der Waals surface area contributed by atoms with Crippen molar-refractivity contribution in [1.29, 1.82) is 0 Å². The number of thiazole rings is 1. The summed E-state index contributed by atoms with van der Waals surface area (Å²) >= 11 is 1.76. The second-order valence-corrected chi connectivity index (χ2v) is 8.71. The van der Waals surface area contributed by atoms with Crippen LogP contribution in [-0.4, -0.2) is 55.7 Å². The van der Waals surface area contributed by atoms with Crippen LogP contribution in [0.4, 0.5) is 0 Å². The highest BCUT2D eigenvalue weighted by Crippen LogP contribution is 2.36. The van der Waals surface area contributed by atoms with Gasteiger partial charge in [-0.2, -0.15) is 0 Å². The van der Waals surface area contributed by atoms with Crippen molar-refractivity contribution in [3.05, 3.63) is 16.1 Å². The lowest BCUT2D eigenvalue weighted by molar-refractivity contribution is -0.148. The Bertz CT molecular complexity index is 586. The molecule has 1 aromatic rings. The maximum atomic E-state index is 13.4. The van der Waals surface area contributed by atoms with Crippen molar-refractivity contribution >= 4 is 42.1 Å². The van der Waals surface area contributed by atoms with E-state index < -0.39 is 0 Å². The summed E-state index contributed by atoms with van der Waals surface area (Å²) in [5.41, 5.74) is 0.839. The molecule has 1 N–H and O–H groups in total. The molecule has 0 aliphatic carbocycles. The Kier molecular flexibility index (Phi) is 10.00. The van der Waals surface area contributed by atoms with E-state index in [9.17, 15) is 4.79 Å². The summed E-state index contributed by atoms with van der Waals surface area (Å²) in [5.74, 6) is 1.14. The molecule has 5 nitrogen and oxygen atoms in total. The Balaban J connectivity index is 0.00000182. The number of methoxy groups -OCH3 is 1. The number of likely N-dealkylation sites (tertiary alicyclic amines) is 1. The quantitative estimate of drug-likeness (QED) is 0.759. The first-order valence-corrected chi connectivity index (χ1v) is 10.4. The number of hydrogen-bond acceptors (Lipinski definition) is 5. The maximum absolute atomic E-state index is 13.4. The second kappa shape index (κ2) is 11.0. The fraction of sp³-hybridized carbons (Fsp3) is 0.789. The predicted octanol–water partition coefficient (Wildman–Crippen LogP) is 3.83. The smallest absolute Gasteiger partial charge is 0.231 e. The number of nitrogens with zero attached hydrogens (tertiary/aromatic N) is 2. The number of amides is 1. The maximum Gasteiger partial charge on any atom is 0.231 e. The zero-order valence-corrected chi connectivity index (χ0v) is 19.0. The zero-order chi connectivity index (χ0) is 17.9. The number of carbonyl (C=O) groups excluding carboxylic acids is 1. The summed E-state index contributed by atoms with van der Waals surface area (Å²) in [6, 6.07) is 0. The van der Waals surface area contributed by atoms with Gasteiger partial charge in [0.25, 0.3) is 0 Å². The van der Waals surface area contributed by atoms with Crippen LogP contribution in [0.15, 0.2) is 5.38 Å². The van der Waals surface area contributed by atoms with Gasteiger partial charge >= 0.3 is 0 Å². The topological polar surface area (TPSA) is 54.5 Å². The van der Waals surface area contributed by atoms with E-state index in [1.165, 1.54) is 10.7 Å². The molecule has 3 heterocycles. The van der Waals surface area contributed by atoms with Gasteiger partial charge in [-0.25, -0.2) is 4.98 Å². The van der Waals surface area contributed by atoms with E-state index in [2.05, 4.69) is 29.4 Å². The Morgan fingerprint density at radius 3 is 2.70 bits per heavy atom. The van der Waals surface area contributed by atoms with E-state index in [4.69, 9.17) is 9.72 Å². The number of hydrogen-bond donors (Lipinski definition) is 1. The van der Waals surface area contributed by atoms with E-state index in [0.717, 1.165) is 51.9 Å². The molecule has 2 fully saturated rings. The molecule has 0 radical (unpaired) electrons. The number of rotatable bonds is 5. The predicted molar refractivity (Wildman–Crippen MR) is 116 cm³/mol. The number of nitrogens with one attached hydrogen (secondary N) is 1. The molecule has 0 saturated carbocycles. The molecule has 0 bridgehead atoms. The molecule has 2 aliphatic rings. The first-order chi connectivity index (χ1) is 12.1. The monoisotopic (exact) mass is 437 g/mol. The summed E-state index contributed by atoms with van der Waals surface area (Å²) in [6.07, 6.45) is 3.94. The molecule has 27 heavy (non-hydrogen) atoms. The van der Waals surface area contributed by atoms with Crippen LogP contribution in [-0.2, 0) is 9.53 Å². The largest absolute Gasteiger partial charge is 0.384 e. The summed E-state index contributed by atoms with van der Waals surface area (Å²) in [5, 5.41) is 6.75. The van der Waals surface area contributed by atoms with E-state index >= 15 is 0 Å². The minimum Gasteiger partial charge on any atom is -0.384 e. The first-order valence-electron chi connectivity index (χ1n) is 9.50. The van der Waals surface area contributed by atoms with Crippen LogP contribution in [0.3, 0.4) is 0 Å². The summed E-state index contributed by atoms with van der Waals surface area (Å²) < 4.78 is 5.45. The van der Waals surface area contributed by atoms with Crippen molar-refractivity contribution in [3.63, 3.8) is 0 Å². The Labute approximate surface area is 179 Å². The van der Waals surface area contributed by atoms with E-state index in [-0.39, 0.29) is 30.2 Å². The second-order valence-electron chi connectivity index (χ2n) is 7.82. The van der Waals surface area contributed by atoms with Gasteiger partial charge in [0.2, 0.25) is 5.91 Å². The van der Waals surface area contributed by atoms with E-state index in [1.807, 2.05) is 0 Å². The van der Waals surface area contributed by atoms with Crippen molar-refractivity contribution in [1.82, 2.24) is 15.2 Å². The van der Waals surface area contributed by atoms with Gasteiger partial charge in [0, 0.05) is 31.5 Å². The highest BCUT2D eigenvalue weighted by atomic mass is 35.5. The SMILES string of the molecule is COCC1(C(=O)N2CCCC(c3nc(C(C)C)cs3)C2)CCNCC1.Cl.Cl. The zero-order valence-electron chi connectivity index (χ0n) is 16.5. The molecule has 8 heteroatoms. The lowest BCUT2D eigenvalue weighted by atomic mass is 9.77. The van der Waals surface area contributed by atoms with Gasteiger partial charge in [0.05, 0.1) is 22.7 Å². The molecule has 1 aromatic heterocycles. The van der Waals surface area contributed by atoms with Gasteiger partial charge in [-0.1, -0.05) is 13.8 Å². The van der Waals surface area contributed by atoms with Crippen molar-refractivity contribution in [2.45, 2.75) is 51.4 Å². The average Bonchev–Trinajstić information content (AvgIpc) is 3.13. The third kappa shape index (κ3) is 5.57. The van der Waals surface area contributed by atoms with Crippen LogP contribution in [0, 0.1) is 5.41 Å². The number of piperidine rings is 2. The molecule has 1 atom stereocenters. The molecular weight excluding hydrogens is 405 g/mol. The Morgan fingerprint density at radius 2 is 2.11 bits per heavy atom. The summed E-state index contributed by atoms with van der Waals surface area (Å²) in [7, 11) is 1.71. The van der Waals surface area contributed by atoms with Crippen LogP contribution in [0.2, 0.25) is 0 Å². The van der Waals surface area contributed by atoms with Crippen LogP contribution >= 0.6 is 36.2 Å². The molecule has 2 saturated heterocycles. The highest BCUT2D eigenvalue weighted by molar-refractivity contribution is 7.09. The molecule has 0 aromatic carbocycles. The fourth-order valence-corrected chi connectivity index (χ4v) is 5.16. The average molecular weight is 438 g/mol. The van der Waals surface area contributed by atoms with Crippen LogP contribution in [0.1, 0.15) is 62.1 Å². The first kappa shape index (κ1) is 24.6. The van der Waals surface area contributed by atoms with Gasteiger partial charge in [0.1, 0.15) is 0 Å². The van der Waals surface area contributed by atoms with Crippen molar-refractivity contribution in [3.8, 4) is 0 Å². The molecular formula is C19H33Cl2N3O2S. The standard InChI is InChI=1S/C19H31N3O2S.2ClH/c1-14(2)16-12-25-17(21-16)15-5-4-10-22(11-15)18(23)19(13-24-3)6-8-20-9-7-19;;/h12,14-15,20H,4-11,13H2,1-3H3;2*1H. The molecule has 2 aliphatic heterocycles. The van der Waals surface area contributed by atoms with Crippen LogP contribution in [0.5, 0.6) is 0 Å². The lowest BCUT2D eigenvalue weighted by Crippen LogP contribution is -2.53. The van der Waals surface area contributed by atoms with Crippen molar-refractivity contribution in [2.75, 3.05) is 39.9 Å². The molecule has 0 spiro atoms. The minimum absolute atomic E-state index is 0. The van der Waals surface area contributed by atoms with Gasteiger partial charge in [0.15, 0.2) is 0 Å². The number of ether oxygens (including phenoxy) is 1. The number of carbonyl (C=O) groups is 1. The number of aromatic nitrogens is 1. The van der Waals surface area contributed by atoms with Gasteiger partial charge in [-0.15, -0.1) is 36.2 Å². The summed E-state index contributed by atoms with van der Waals surface area (Å²) in [6.45, 7) is 8.37.